The minimum absolute atomic E-state index is 0.0551. The zero-order valence-corrected chi connectivity index (χ0v) is 16.9. The summed E-state index contributed by atoms with van der Waals surface area (Å²) in [4.78, 5) is 24.1. The van der Waals surface area contributed by atoms with Gasteiger partial charge in [0.25, 0.3) is 0 Å². The van der Waals surface area contributed by atoms with Gasteiger partial charge in [0.1, 0.15) is 0 Å². The van der Waals surface area contributed by atoms with E-state index >= 15 is 0 Å². The van der Waals surface area contributed by atoms with Gasteiger partial charge in [-0.15, -0.1) is 0 Å². The number of nitrogens with zero attached hydrogens (tertiary/aromatic N) is 1. The van der Waals surface area contributed by atoms with Gasteiger partial charge in [-0.05, 0) is 65.0 Å². The molecule has 1 heterocycles. The van der Waals surface area contributed by atoms with E-state index in [1.54, 1.807) is 0 Å². The van der Waals surface area contributed by atoms with E-state index in [0.717, 1.165) is 25.7 Å². The standard InChI is InChI=1S/C22H31N3O2/c1-14(2)15-6-8-17-16(12-15)7-9-18-21(3,10-5-11-22(17,18)4)13-25-19(26)23-24-20(25)27/h6,8,12,14,18H,5,7,9-11,13H2,1-4H3,(H,23,26)(H,24,27)/t18-,21-,22+/m1/s1. The number of nitrogens with one attached hydrogen (secondary N) is 2. The first kappa shape index (κ1) is 18.3. The Morgan fingerprint density at radius 2 is 1.85 bits per heavy atom. The summed E-state index contributed by atoms with van der Waals surface area (Å²) in [5, 5.41) is 4.86. The fourth-order valence-electron chi connectivity index (χ4n) is 6.03. The Morgan fingerprint density at radius 1 is 1.15 bits per heavy atom. The molecule has 2 aliphatic carbocycles. The quantitative estimate of drug-likeness (QED) is 0.866. The van der Waals surface area contributed by atoms with Crippen LogP contribution in [0.25, 0.3) is 0 Å². The topological polar surface area (TPSA) is 70.7 Å². The predicted octanol–water partition coefficient (Wildman–Crippen LogP) is 3.70. The molecule has 27 heavy (non-hydrogen) atoms. The summed E-state index contributed by atoms with van der Waals surface area (Å²) in [5.74, 6) is 1.02. The average Bonchev–Trinajstić information content (AvgIpc) is 2.93. The van der Waals surface area contributed by atoms with Gasteiger partial charge in [-0.25, -0.2) is 24.4 Å². The number of aromatic nitrogens is 3. The molecule has 0 unspecified atom stereocenters. The number of H-pyrrole nitrogens is 2. The maximum Gasteiger partial charge on any atom is 0.344 e. The molecule has 0 saturated heterocycles. The third kappa shape index (κ3) is 2.82. The van der Waals surface area contributed by atoms with Crippen LogP contribution in [-0.4, -0.2) is 14.8 Å². The van der Waals surface area contributed by atoms with Crippen molar-refractivity contribution in [2.75, 3.05) is 0 Å². The molecular formula is C22H31N3O2. The van der Waals surface area contributed by atoms with E-state index < -0.39 is 0 Å². The molecule has 1 saturated carbocycles. The van der Waals surface area contributed by atoms with Crippen molar-refractivity contribution in [2.24, 2.45) is 11.3 Å². The molecular weight excluding hydrogens is 338 g/mol. The molecule has 4 rings (SSSR count). The average molecular weight is 370 g/mol. The van der Waals surface area contributed by atoms with Crippen molar-refractivity contribution in [1.29, 1.82) is 0 Å². The molecule has 1 fully saturated rings. The first-order chi connectivity index (χ1) is 12.7. The van der Waals surface area contributed by atoms with Gasteiger partial charge in [0.2, 0.25) is 0 Å². The van der Waals surface area contributed by atoms with Gasteiger partial charge in [0.15, 0.2) is 0 Å². The zero-order chi connectivity index (χ0) is 19.4. The molecule has 0 amide bonds. The summed E-state index contributed by atoms with van der Waals surface area (Å²) in [6, 6.07) is 7.07. The minimum atomic E-state index is -0.328. The molecule has 1 aromatic heterocycles. The molecule has 1 aromatic carbocycles. The Bertz CT molecular complexity index is 939. The highest BCUT2D eigenvalue weighted by Gasteiger charge is 2.52. The monoisotopic (exact) mass is 369 g/mol. The van der Waals surface area contributed by atoms with E-state index in [0.29, 0.717) is 18.4 Å². The van der Waals surface area contributed by atoms with E-state index in [2.05, 4.69) is 56.1 Å². The van der Waals surface area contributed by atoms with E-state index in [4.69, 9.17) is 0 Å². The van der Waals surface area contributed by atoms with Crippen LogP contribution in [0.15, 0.2) is 27.8 Å². The second kappa shape index (κ2) is 6.25. The van der Waals surface area contributed by atoms with E-state index in [1.807, 2.05) is 0 Å². The lowest BCUT2D eigenvalue weighted by Crippen LogP contribution is -2.52. The van der Waals surface area contributed by atoms with Gasteiger partial charge >= 0.3 is 11.4 Å². The number of aromatic amines is 2. The van der Waals surface area contributed by atoms with Crippen LogP contribution in [0.1, 0.15) is 76.0 Å². The van der Waals surface area contributed by atoms with E-state index in [-0.39, 0.29) is 22.2 Å². The Morgan fingerprint density at radius 3 is 2.52 bits per heavy atom. The van der Waals surface area contributed by atoms with Crippen molar-refractivity contribution in [1.82, 2.24) is 14.8 Å². The summed E-state index contributed by atoms with van der Waals surface area (Å²) in [6.45, 7) is 9.68. The third-order valence-electron chi connectivity index (χ3n) is 7.45. The molecule has 0 bridgehead atoms. The number of hydrogen-bond acceptors (Lipinski definition) is 2. The Labute approximate surface area is 160 Å². The Hall–Kier alpha value is -2.04. The second-order valence-corrected chi connectivity index (χ2v) is 9.53. The van der Waals surface area contributed by atoms with E-state index in [1.165, 1.54) is 27.7 Å². The van der Waals surface area contributed by atoms with Crippen molar-refractivity contribution in [3.63, 3.8) is 0 Å². The molecule has 2 aliphatic rings. The van der Waals surface area contributed by atoms with Gasteiger partial charge in [0, 0.05) is 6.54 Å². The van der Waals surface area contributed by atoms with Crippen molar-refractivity contribution < 1.29 is 0 Å². The van der Waals surface area contributed by atoms with Crippen LogP contribution < -0.4 is 11.4 Å². The van der Waals surface area contributed by atoms with Gasteiger partial charge in [-0.3, -0.25) is 0 Å². The van der Waals surface area contributed by atoms with Crippen molar-refractivity contribution >= 4 is 0 Å². The number of benzene rings is 1. The van der Waals surface area contributed by atoms with Crippen LogP contribution in [0.4, 0.5) is 0 Å². The predicted molar refractivity (Wildman–Crippen MR) is 107 cm³/mol. The summed E-state index contributed by atoms with van der Waals surface area (Å²) in [6.07, 6.45) is 5.58. The fourth-order valence-corrected chi connectivity index (χ4v) is 6.03. The first-order valence-electron chi connectivity index (χ1n) is 10.3. The maximum atomic E-state index is 12.1. The zero-order valence-electron chi connectivity index (χ0n) is 16.9. The van der Waals surface area contributed by atoms with Crippen LogP contribution in [-0.2, 0) is 18.4 Å². The molecule has 0 aliphatic heterocycles. The van der Waals surface area contributed by atoms with Crippen LogP contribution in [0.2, 0.25) is 0 Å². The van der Waals surface area contributed by atoms with Gasteiger partial charge < -0.3 is 0 Å². The number of fused-ring (bicyclic) bond motifs is 3. The van der Waals surface area contributed by atoms with Crippen LogP contribution in [0, 0.1) is 11.3 Å². The molecule has 5 nitrogen and oxygen atoms in total. The van der Waals surface area contributed by atoms with Gasteiger partial charge in [-0.1, -0.05) is 52.3 Å². The number of hydrogen-bond donors (Lipinski definition) is 2. The summed E-state index contributed by atoms with van der Waals surface area (Å²) in [5.41, 5.74) is 3.81. The molecule has 2 aromatic rings. The first-order valence-corrected chi connectivity index (χ1v) is 10.3. The van der Waals surface area contributed by atoms with Crippen molar-refractivity contribution in [2.45, 2.75) is 77.7 Å². The molecule has 0 radical (unpaired) electrons. The molecule has 5 heteroatoms. The molecule has 0 spiro atoms. The summed E-state index contributed by atoms with van der Waals surface area (Å²) >= 11 is 0. The SMILES string of the molecule is CC(C)c1ccc2c(c1)CC[C@@H]1[C@@](C)(Cn3c(=O)[nH][nH]c3=O)CCC[C@@]21C. The highest BCUT2D eigenvalue weighted by molar-refractivity contribution is 5.42. The van der Waals surface area contributed by atoms with Crippen molar-refractivity contribution in [3.8, 4) is 0 Å². The lowest BCUT2D eigenvalue weighted by Gasteiger charge is -2.55. The normalized spacial score (nSPS) is 30.2. The lowest BCUT2D eigenvalue weighted by molar-refractivity contribution is 0.0105. The van der Waals surface area contributed by atoms with E-state index in [9.17, 15) is 9.59 Å². The second-order valence-electron chi connectivity index (χ2n) is 9.53. The third-order valence-corrected chi connectivity index (χ3v) is 7.45. The highest BCUT2D eigenvalue weighted by atomic mass is 16.2. The summed E-state index contributed by atoms with van der Waals surface area (Å²) in [7, 11) is 0. The molecule has 3 atom stereocenters. The largest absolute Gasteiger partial charge is 0.344 e. The lowest BCUT2D eigenvalue weighted by atomic mass is 9.49. The van der Waals surface area contributed by atoms with Crippen LogP contribution in [0.5, 0.6) is 0 Å². The van der Waals surface area contributed by atoms with Crippen LogP contribution in [0.3, 0.4) is 0 Å². The number of rotatable bonds is 3. The molecule has 2 N–H and O–H groups in total. The maximum absolute atomic E-state index is 12.1. The Balaban J connectivity index is 1.74. The van der Waals surface area contributed by atoms with Gasteiger partial charge in [0.05, 0.1) is 0 Å². The number of aryl methyl sites for hydroxylation is 1. The Kier molecular flexibility index (Phi) is 4.24. The van der Waals surface area contributed by atoms with Crippen LogP contribution >= 0.6 is 0 Å². The highest BCUT2D eigenvalue weighted by Crippen LogP contribution is 2.57. The fraction of sp³-hybridized carbons (Fsp3) is 0.636. The smallest absolute Gasteiger partial charge is 0.247 e. The van der Waals surface area contributed by atoms with Gasteiger partial charge in [-0.2, -0.15) is 0 Å². The molecule has 146 valence electrons. The minimum Gasteiger partial charge on any atom is -0.247 e. The summed E-state index contributed by atoms with van der Waals surface area (Å²) < 4.78 is 1.35. The van der Waals surface area contributed by atoms with Crippen molar-refractivity contribution in [3.05, 3.63) is 55.9 Å².